The lowest BCUT2D eigenvalue weighted by Gasteiger charge is -2.18. The van der Waals surface area contributed by atoms with Crippen LogP contribution < -0.4 is 0 Å². The van der Waals surface area contributed by atoms with Crippen molar-refractivity contribution in [3.63, 3.8) is 0 Å². The van der Waals surface area contributed by atoms with Crippen molar-refractivity contribution < 1.29 is 14.7 Å². The van der Waals surface area contributed by atoms with Gasteiger partial charge in [-0.2, -0.15) is 0 Å². The highest BCUT2D eigenvalue weighted by Gasteiger charge is 2.38. The summed E-state index contributed by atoms with van der Waals surface area (Å²) in [5.74, 6) is -1.50. The molecular formula is C13H10ClNO3S2. The number of thiocarbonyl (C=S) groups is 1. The maximum Gasteiger partial charge on any atom is 0.326 e. The lowest BCUT2D eigenvalue weighted by atomic mass is 10.2. The molecule has 7 heteroatoms. The second-order valence-electron chi connectivity index (χ2n) is 4.09. The number of amides is 1. The van der Waals surface area contributed by atoms with Gasteiger partial charge in [0.05, 0.1) is 4.91 Å². The summed E-state index contributed by atoms with van der Waals surface area (Å²) in [7, 11) is 0. The largest absolute Gasteiger partial charge is 0.480 e. The van der Waals surface area contributed by atoms with Crippen LogP contribution in [0.1, 0.15) is 12.5 Å². The van der Waals surface area contributed by atoms with E-state index in [1.807, 2.05) is 0 Å². The van der Waals surface area contributed by atoms with Crippen LogP contribution >= 0.6 is 35.6 Å². The van der Waals surface area contributed by atoms with E-state index in [2.05, 4.69) is 0 Å². The van der Waals surface area contributed by atoms with Crippen molar-refractivity contribution in [1.82, 2.24) is 4.90 Å². The van der Waals surface area contributed by atoms with Crippen molar-refractivity contribution >= 4 is 57.9 Å². The highest BCUT2D eigenvalue weighted by Crippen LogP contribution is 2.34. The van der Waals surface area contributed by atoms with Gasteiger partial charge in [0, 0.05) is 5.02 Å². The van der Waals surface area contributed by atoms with Crippen molar-refractivity contribution in [3.05, 3.63) is 39.8 Å². The first-order chi connectivity index (χ1) is 9.41. The number of carboxylic acid groups (broad SMARTS) is 1. The van der Waals surface area contributed by atoms with Crippen LogP contribution in [0.4, 0.5) is 0 Å². The molecule has 1 heterocycles. The van der Waals surface area contributed by atoms with Gasteiger partial charge in [-0.15, -0.1) is 0 Å². The van der Waals surface area contributed by atoms with Crippen molar-refractivity contribution in [2.24, 2.45) is 0 Å². The summed E-state index contributed by atoms with van der Waals surface area (Å²) in [6, 6.07) is 6.10. The molecule has 4 nitrogen and oxygen atoms in total. The monoisotopic (exact) mass is 327 g/mol. The second-order valence-corrected chi connectivity index (χ2v) is 6.17. The van der Waals surface area contributed by atoms with Crippen LogP contribution in [0.15, 0.2) is 29.2 Å². The molecule has 0 aliphatic carbocycles. The third kappa shape index (κ3) is 2.87. The highest BCUT2D eigenvalue weighted by molar-refractivity contribution is 8.26. The number of hydrogen-bond acceptors (Lipinski definition) is 4. The molecule has 1 amide bonds. The number of carboxylic acids is 1. The fourth-order valence-corrected chi connectivity index (χ4v) is 3.26. The Labute approximate surface area is 130 Å². The minimum Gasteiger partial charge on any atom is -0.480 e. The summed E-state index contributed by atoms with van der Waals surface area (Å²) in [5, 5.41) is 9.51. The van der Waals surface area contributed by atoms with Gasteiger partial charge >= 0.3 is 5.97 Å². The molecule has 20 heavy (non-hydrogen) atoms. The maximum atomic E-state index is 12.2. The Morgan fingerprint density at radius 2 is 2.15 bits per heavy atom. The number of benzene rings is 1. The molecule has 0 aromatic heterocycles. The van der Waals surface area contributed by atoms with E-state index in [1.165, 1.54) is 6.92 Å². The van der Waals surface area contributed by atoms with Gasteiger partial charge < -0.3 is 5.11 Å². The van der Waals surface area contributed by atoms with Crippen LogP contribution in [-0.2, 0) is 9.59 Å². The van der Waals surface area contributed by atoms with E-state index >= 15 is 0 Å². The predicted octanol–water partition coefficient (Wildman–Crippen LogP) is 3.01. The number of halogens is 1. The Morgan fingerprint density at radius 1 is 1.50 bits per heavy atom. The number of carbonyl (C=O) groups is 2. The van der Waals surface area contributed by atoms with Crippen LogP contribution in [0, 0.1) is 0 Å². The van der Waals surface area contributed by atoms with Gasteiger partial charge in [0.2, 0.25) is 0 Å². The van der Waals surface area contributed by atoms with Gasteiger partial charge in [0.15, 0.2) is 0 Å². The summed E-state index contributed by atoms with van der Waals surface area (Å²) in [5.41, 5.74) is 0.692. The lowest BCUT2D eigenvalue weighted by molar-refractivity contribution is -0.144. The van der Waals surface area contributed by atoms with Crippen LogP contribution in [0.3, 0.4) is 0 Å². The Bertz CT molecular complexity index is 630. The van der Waals surface area contributed by atoms with Crippen LogP contribution in [0.25, 0.3) is 6.08 Å². The number of aliphatic carboxylic acids is 1. The quantitative estimate of drug-likeness (QED) is 0.683. The molecule has 1 saturated heterocycles. The number of nitrogens with zero attached hydrogens (tertiary/aromatic N) is 1. The molecule has 1 aliphatic heterocycles. The Hall–Kier alpha value is -1.37. The van der Waals surface area contributed by atoms with Crippen molar-refractivity contribution in [2.45, 2.75) is 13.0 Å². The zero-order valence-electron chi connectivity index (χ0n) is 10.4. The summed E-state index contributed by atoms with van der Waals surface area (Å²) in [6.45, 7) is 1.42. The van der Waals surface area contributed by atoms with Gasteiger partial charge in [-0.25, -0.2) is 4.79 Å². The molecule has 1 aliphatic rings. The molecule has 1 fully saturated rings. The van der Waals surface area contributed by atoms with Crippen LogP contribution in [0.5, 0.6) is 0 Å². The molecule has 0 saturated carbocycles. The summed E-state index contributed by atoms with van der Waals surface area (Å²) in [4.78, 5) is 24.7. The summed E-state index contributed by atoms with van der Waals surface area (Å²) < 4.78 is 0.239. The minimum absolute atomic E-state index is 0.239. The molecule has 0 bridgehead atoms. The summed E-state index contributed by atoms with van der Waals surface area (Å²) in [6.07, 6.45) is 1.62. The number of thioether (sulfide) groups is 1. The molecule has 1 aromatic carbocycles. The van der Waals surface area contributed by atoms with E-state index in [1.54, 1.807) is 30.3 Å². The highest BCUT2D eigenvalue weighted by atomic mass is 35.5. The standard InChI is InChI=1S/C13H10ClNO3S2/c1-7(12(17)18)15-11(16)10(20-13(15)19)6-8-4-2-3-5-9(8)14/h2-7H,1H3,(H,17,18)/b10-6+. The average molecular weight is 328 g/mol. The third-order valence-electron chi connectivity index (χ3n) is 2.76. The maximum absolute atomic E-state index is 12.2. The fraction of sp³-hybridized carbons (Fsp3) is 0.154. The average Bonchev–Trinajstić information content (AvgIpc) is 2.66. The predicted molar refractivity (Wildman–Crippen MR) is 83.6 cm³/mol. The van der Waals surface area contributed by atoms with E-state index in [4.69, 9.17) is 28.9 Å². The molecule has 104 valence electrons. The number of rotatable bonds is 3. The van der Waals surface area contributed by atoms with Crippen molar-refractivity contribution in [1.29, 1.82) is 0 Å². The molecule has 0 radical (unpaired) electrons. The summed E-state index contributed by atoms with van der Waals surface area (Å²) >= 11 is 12.2. The van der Waals surface area contributed by atoms with Crippen molar-refractivity contribution in [3.8, 4) is 0 Å². The first-order valence-electron chi connectivity index (χ1n) is 5.66. The second kappa shape index (κ2) is 5.95. The molecule has 2 rings (SSSR count). The topological polar surface area (TPSA) is 57.6 Å². The first kappa shape index (κ1) is 15.0. The van der Waals surface area contributed by atoms with Gasteiger partial charge in [-0.05, 0) is 24.6 Å². The Kier molecular flexibility index (Phi) is 4.47. The zero-order chi connectivity index (χ0) is 14.9. The molecule has 1 aromatic rings. The first-order valence-corrected chi connectivity index (χ1v) is 7.26. The molecule has 1 unspecified atom stereocenters. The fourth-order valence-electron chi connectivity index (χ4n) is 1.66. The van der Waals surface area contributed by atoms with E-state index in [9.17, 15) is 9.59 Å². The molecule has 1 N–H and O–H groups in total. The van der Waals surface area contributed by atoms with E-state index in [0.29, 0.717) is 15.5 Å². The normalized spacial score (nSPS) is 18.7. The number of carbonyl (C=O) groups excluding carboxylic acids is 1. The van der Waals surface area contributed by atoms with E-state index in [0.717, 1.165) is 16.7 Å². The van der Waals surface area contributed by atoms with E-state index in [-0.39, 0.29) is 4.32 Å². The lowest BCUT2D eigenvalue weighted by Crippen LogP contribution is -2.41. The molecular weight excluding hydrogens is 318 g/mol. The van der Waals surface area contributed by atoms with Gasteiger partial charge in [0.25, 0.3) is 5.91 Å². The van der Waals surface area contributed by atoms with E-state index < -0.39 is 17.9 Å². The van der Waals surface area contributed by atoms with Gasteiger partial charge in [-0.3, -0.25) is 9.69 Å². The van der Waals surface area contributed by atoms with Gasteiger partial charge in [-0.1, -0.05) is 53.8 Å². The SMILES string of the molecule is CC(C(=O)O)N1C(=O)/C(=C\c2ccccc2Cl)SC1=S. The van der Waals surface area contributed by atoms with Crippen LogP contribution in [0.2, 0.25) is 5.02 Å². The van der Waals surface area contributed by atoms with Crippen molar-refractivity contribution in [2.75, 3.05) is 0 Å². The van der Waals surface area contributed by atoms with Gasteiger partial charge in [0.1, 0.15) is 10.4 Å². The Balaban J connectivity index is 2.33. The third-order valence-corrected chi connectivity index (χ3v) is 4.43. The smallest absolute Gasteiger partial charge is 0.326 e. The Morgan fingerprint density at radius 3 is 2.75 bits per heavy atom. The van der Waals surface area contributed by atoms with Crippen LogP contribution in [-0.4, -0.2) is 32.2 Å². The minimum atomic E-state index is -1.10. The molecule has 1 atom stereocenters. The number of hydrogen-bond donors (Lipinski definition) is 1. The zero-order valence-corrected chi connectivity index (χ0v) is 12.8. The molecule has 0 spiro atoms.